The van der Waals surface area contributed by atoms with Crippen LogP contribution in [0.3, 0.4) is 0 Å². The van der Waals surface area contributed by atoms with E-state index in [4.69, 9.17) is 0 Å². The van der Waals surface area contributed by atoms with Crippen LogP contribution in [-0.4, -0.2) is 34.3 Å². The molecule has 0 aliphatic carbocycles. The molecular weight excluding hydrogens is 288 g/mol. The number of allylic oxidation sites excluding steroid dienone is 1. The lowest BCUT2D eigenvalue weighted by atomic mass is 10.00. The molecule has 5 heteroatoms. The van der Waals surface area contributed by atoms with Gasteiger partial charge in [0.2, 0.25) is 0 Å². The third-order valence-corrected chi connectivity index (χ3v) is 4.69. The molecule has 1 unspecified atom stereocenters. The summed E-state index contributed by atoms with van der Waals surface area (Å²) in [5.41, 5.74) is 2.08. The summed E-state index contributed by atoms with van der Waals surface area (Å²) in [7, 11) is 1.88. The number of hydrogen-bond acceptors (Lipinski definition) is 3. The summed E-state index contributed by atoms with van der Waals surface area (Å²) < 4.78 is 1.87. The number of hydrogen-bond donors (Lipinski definition) is 2. The molecule has 2 aromatic rings. The Morgan fingerprint density at radius 1 is 1.48 bits per heavy atom. The van der Waals surface area contributed by atoms with E-state index in [1.54, 1.807) is 0 Å². The number of imidazole rings is 1. The van der Waals surface area contributed by atoms with Crippen LogP contribution in [0.1, 0.15) is 25.6 Å². The Balaban J connectivity index is 1.93. The predicted octanol–water partition coefficient (Wildman–Crippen LogP) is 1.68. The normalized spacial score (nSPS) is 22.7. The van der Waals surface area contributed by atoms with Gasteiger partial charge in [-0.05, 0) is 25.0 Å². The molecule has 2 heterocycles. The third kappa shape index (κ3) is 3.08. The number of quaternary nitrogens is 1. The number of aliphatic hydroxyl groups excluding tert-OH is 1. The van der Waals surface area contributed by atoms with Gasteiger partial charge in [0.15, 0.2) is 11.6 Å². The van der Waals surface area contributed by atoms with Crippen molar-refractivity contribution in [2.45, 2.75) is 19.8 Å². The summed E-state index contributed by atoms with van der Waals surface area (Å²) >= 11 is 0. The zero-order valence-corrected chi connectivity index (χ0v) is 13.7. The van der Waals surface area contributed by atoms with E-state index < -0.39 is 0 Å². The fourth-order valence-corrected chi connectivity index (χ4v) is 3.50. The van der Waals surface area contributed by atoms with E-state index in [-0.39, 0.29) is 11.3 Å². The van der Waals surface area contributed by atoms with Crippen LogP contribution in [-0.2, 0) is 7.05 Å². The Morgan fingerprint density at radius 2 is 2.26 bits per heavy atom. The fraction of sp³-hybridized carbons (Fsp3) is 0.444. The maximum atomic E-state index is 10.5. The zero-order valence-electron chi connectivity index (χ0n) is 13.7. The molecule has 1 fully saturated rings. The minimum Gasteiger partial charge on any atom is -0.506 e. The molecule has 1 aromatic heterocycles. The average molecular weight is 311 g/mol. The van der Waals surface area contributed by atoms with Gasteiger partial charge in [0, 0.05) is 13.0 Å². The Morgan fingerprint density at radius 3 is 2.96 bits per heavy atom. The number of para-hydroxylation sites is 2. The molecule has 3 rings (SSSR count). The molecule has 0 bridgehead atoms. The van der Waals surface area contributed by atoms with Gasteiger partial charge in [0.25, 0.3) is 0 Å². The number of piperidine rings is 1. The summed E-state index contributed by atoms with van der Waals surface area (Å²) in [4.78, 5) is 5.87. The highest BCUT2D eigenvalue weighted by Gasteiger charge is 2.23. The van der Waals surface area contributed by atoms with Gasteiger partial charge in [-0.15, -0.1) is 0 Å². The number of rotatable bonds is 3. The lowest BCUT2D eigenvalue weighted by Gasteiger charge is -2.27. The summed E-state index contributed by atoms with van der Waals surface area (Å²) in [6.45, 7) is 4.84. The molecule has 0 saturated carbocycles. The topological polar surface area (TPSA) is 66.3 Å². The summed E-state index contributed by atoms with van der Waals surface area (Å²) in [5.74, 6) is 1.36. The van der Waals surface area contributed by atoms with E-state index in [1.165, 1.54) is 17.7 Å². The quantitative estimate of drug-likeness (QED) is 0.669. The number of benzene rings is 1. The first-order valence-electron chi connectivity index (χ1n) is 8.17. The van der Waals surface area contributed by atoms with E-state index in [1.807, 2.05) is 35.9 Å². The summed E-state index contributed by atoms with van der Waals surface area (Å²) in [6, 6.07) is 9.91. The number of fused-ring (bicyclic) bond motifs is 1. The maximum Gasteiger partial charge on any atom is 0.169 e. The van der Waals surface area contributed by atoms with Gasteiger partial charge in [-0.25, -0.2) is 4.98 Å². The van der Waals surface area contributed by atoms with Gasteiger partial charge < -0.3 is 14.6 Å². The van der Waals surface area contributed by atoms with Gasteiger partial charge in [0.1, 0.15) is 18.2 Å². The van der Waals surface area contributed by atoms with E-state index in [0.717, 1.165) is 24.1 Å². The Labute approximate surface area is 136 Å². The predicted molar refractivity (Wildman–Crippen MR) is 89.8 cm³/mol. The minimum atomic E-state index is 0.148. The molecular formula is C18H23N4O+. The second-order valence-electron chi connectivity index (χ2n) is 6.54. The van der Waals surface area contributed by atoms with Gasteiger partial charge in [-0.1, -0.05) is 19.1 Å². The van der Waals surface area contributed by atoms with Crippen molar-refractivity contribution >= 4 is 16.6 Å². The number of aliphatic hydroxyl groups is 1. The van der Waals surface area contributed by atoms with E-state index in [2.05, 4.69) is 18.0 Å². The van der Waals surface area contributed by atoms with Crippen molar-refractivity contribution in [2.75, 3.05) is 19.6 Å². The highest BCUT2D eigenvalue weighted by molar-refractivity contribution is 5.83. The molecule has 0 radical (unpaired) electrons. The maximum absolute atomic E-state index is 10.5. The molecule has 1 aliphatic heterocycles. The monoisotopic (exact) mass is 311 g/mol. The average Bonchev–Trinajstić information content (AvgIpc) is 2.86. The van der Waals surface area contributed by atoms with Gasteiger partial charge in [-0.2, -0.15) is 5.26 Å². The first-order valence-corrected chi connectivity index (χ1v) is 8.17. The van der Waals surface area contributed by atoms with Crippen molar-refractivity contribution < 1.29 is 10.0 Å². The first kappa shape index (κ1) is 15.6. The van der Waals surface area contributed by atoms with Crippen LogP contribution in [0.2, 0.25) is 0 Å². The minimum absolute atomic E-state index is 0.148. The van der Waals surface area contributed by atoms with Crippen LogP contribution in [0.4, 0.5) is 0 Å². The standard InChI is InChI=1S/C18H22N4O/c1-13-6-5-9-22(11-13)12-17(23)14(10-19)18-20-15-7-3-4-8-16(15)21(18)2/h3-4,7-8,13,23H,5-6,9,11-12H2,1-2H3/p+1/b17-14-/t13-/m1/s1. The van der Waals surface area contributed by atoms with E-state index >= 15 is 0 Å². The number of likely N-dealkylation sites (tertiary alicyclic amines) is 1. The lowest BCUT2D eigenvalue weighted by molar-refractivity contribution is -0.905. The highest BCUT2D eigenvalue weighted by atomic mass is 16.3. The van der Waals surface area contributed by atoms with Crippen LogP contribution in [0.5, 0.6) is 0 Å². The van der Waals surface area contributed by atoms with Crippen molar-refractivity contribution in [3.8, 4) is 6.07 Å². The SMILES string of the molecule is C[C@@H]1CCC[NH+](C/C(O)=C(\C#N)c2nc3ccccc3n2C)C1. The Kier molecular flexibility index (Phi) is 4.35. The van der Waals surface area contributed by atoms with Crippen LogP contribution in [0.15, 0.2) is 30.0 Å². The molecule has 1 saturated heterocycles. The number of nitrogens with zero attached hydrogens (tertiary/aromatic N) is 3. The number of nitriles is 1. The summed E-state index contributed by atoms with van der Waals surface area (Å²) in [6.07, 6.45) is 2.43. The Bertz CT molecular complexity index is 784. The van der Waals surface area contributed by atoms with Gasteiger partial charge in [0.05, 0.1) is 24.1 Å². The van der Waals surface area contributed by atoms with Crippen LogP contribution >= 0.6 is 0 Å². The molecule has 1 aromatic carbocycles. The van der Waals surface area contributed by atoms with Crippen molar-refractivity contribution in [3.05, 3.63) is 35.8 Å². The van der Waals surface area contributed by atoms with Crippen LogP contribution in [0, 0.1) is 17.2 Å². The summed E-state index contributed by atoms with van der Waals surface area (Å²) in [5, 5.41) is 20.1. The van der Waals surface area contributed by atoms with Gasteiger partial charge in [-0.3, -0.25) is 0 Å². The number of nitrogens with one attached hydrogen (secondary N) is 1. The van der Waals surface area contributed by atoms with E-state index in [9.17, 15) is 10.4 Å². The molecule has 1 aliphatic rings. The van der Waals surface area contributed by atoms with Crippen LogP contribution in [0.25, 0.3) is 16.6 Å². The van der Waals surface area contributed by atoms with Gasteiger partial charge >= 0.3 is 0 Å². The molecule has 120 valence electrons. The number of aromatic nitrogens is 2. The second-order valence-corrected chi connectivity index (χ2v) is 6.54. The molecule has 0 amide bonds. The van der Waals surface area contributed by atoms with Crippen molar-refractivity contribution in [3.63, 3.8) is 0 Å². The first-order chi connectivity index (χ1) is 11.1. The van der Waals surface area contributed by atoms with Crippen molar-refractivity contribution in [2.24, 2.45) is 13.0 Å². The van der Waals surface area contributed by atoms with Crippen molar-refractivity contribution in [1.82, 2.24) is 9.55 Å². The highest BCUT2D eigenvalue weighted by Crippen LogP contribution is 2.21. The van der Waals surface area contributed by atoms with Crippen molar-refractivity contribution in [1.29, 1.82) is 5.26 Å². The second kappa shape index (κ2) is 6.43. The molecule has 23 heavy (non-hydrogen) atoms. The molecule has 5 nitrogen and oxygen atoms in total. The third-order valence-electron chi connectivity index (χ3n) is 4.69. The largest absolute Gasteiger partial charge is 0.506 e. The molecule has 0 spiro atoms. The fourth-order valence-electron chi connectivity index (χ4n) is 3.50. The number of aryl methyl sites for hydroxylation is 1. The molecule has 2 atom stereocenters. The van der Waals surface area contributed by atoms with Crippen LogP contribution < -0.4 is 4.90 Å². The Hall–Kier alpha value is -2.32. The zero-order chi connectivity index (χ0) is 16.4. The smallest absolute Gasteiger partial charge is 0.169 e. The molecule has 2 N–H and O–H groups in total. The lowest BCUT2D eigenvalue weighted by Crippen LogP contribution is -3.13. The van der Waals surface area contributed by atoms with E-state index in [0.29, 0.717) is 18.3 Å².